The Hall–Kier alpha value is -1.75. The Balaban J connectivity index is 1.86. The minimum Gasteiger partial charge on any atom is -0.469 e. The number of aliphatic imine (C=N–C) groups is 1. The molecule has 0 radical (unpaired) electrons. The Morgan fingerprint density at radius 2 is 2.32 bits per heavy atom. The number of furan rings is 1. The molecule has 1 aromatic heterocycles. The lowest BCUT2D eigenvalue weighted by Gasteiger charge is -2.29. The molecule has 1 N–H and O–H groups in total. The van der Waals surface area contributed by atoms with Gasteiger partial charge in [-0.05, 0) is 30.9 Å². The van der Waals surface area contributed by atoms with Crippen molar-refractivity contribution in [1.82, 2.24) is 10.2 Å². The molecule has 2 heterocycles. The van der Waals surface area contributed by atoms with Crippen LogP contribution >= 0.6 is 0 Å². The van der Waals surface area contributed by atoms with E-state index in [1.165, 1.54) is 0 Å². The fourth-order valence-electron chi connectivity index (χ4n) is 2.60. The first kappa shape index (κ1) is 16.6. The molecule has 0 aromatic carbocycles. The van der Waals surface area contributed by atoms with Crippen LogP contribution in [0.3, 0.4) is 0 Å². The largest absolute Gasteiger partial charge is 0.469 e. The van der Waals surface area contributed by atoms with Crippen LogP contribution in [0.2, 0.25) is 0 Å². The number of hydrogen-bond donors (Lipinski definition) is 1. The van der Waals surface area contributed by atoms with E-state index in [0.717, 1.165) is 57.3 Å². The molecule has 1 saturated heterocycles. The van der Waals surface area contributed by atoms with Crippen LogP contribution in [0.1, 0.15) is 18.6 Å². The maximum atomic E-state index is 5.42. The third kappa shape index (κ3) is 5.56. The molecule has 22 heavy (non-hydrogen) atoms. The number of ether oxygens (including phenoxy) is 1. The second-order valence-corrected chi connectivity index (χ2v) is 5.64. The fourth-order valence-corrected chi connectivity index (χ4v) is 2.60. The Morgan fingerprint density at radius 1 is 1.50 bits per heavy atom. The van der Waals surface area contributed by atoms with Gasteiger partial charge in [0.15, 0.2) is 5.96 Å². The van der Waals surface area contributed by atoms with Gasteiger partial charge in [0.1, 0.15) is 5.76 Å². The van der Waals surface area contributed by atoms with Gasteiger partial charge in [-0.15, -0.1) is 6.58 Å². The SMILES string of the molecule is C=CCNC(=NCCc1ccco1)N(C)CC1CCOCC1. The van der Waals surface area contributed by atoms with Crippen molar-refractivity contribution in [2.75, 3.05) is 39.9 Å². The molecule has 5 nitrogen and oxygen atoms in total. The standard InChI is InChI=1S/C17H27N3O2/c1-3-9-18-17(19-10-6-16-5-4-11-22-16)20(2)14-15-7-12-21-13-8-15/h3-5,11,15H,1,6-10,12-14H2,2H3,(H,18,19). The minimum absolute atomic E-state index is 0.680. The van der Waals surface area contributed by atoms with E-state index < -0.39 is 0 Å². The molecule has 0 saturated carbocycles. The predicted molar refractivity (Wildman–Crippen MR) is 89.1 cm³/mol. The number of nitrogens with zero attached hydrogens (tertiary/aromatic N) is 2. The Labute approximate surface area is 133 Å². The minimum atomic E-state index is 0.680. The summed E-state index contributed by atoms with van der Waals surface area (Å²) in [6, 6.07) is 3.89. The van der Waals surface area contributed by atoms with Crippen LogP contribution in [0.4, 0.5) is 0 Å². The fraction of sp³-hybridized carbons (Fsp3) is 0.588. The van der Waals surface area contributed by atoms with Crippen molar-refractivity contribution in [1.29, 1.82) is 0 Å². The highest BCUT2D eigenvalue weighted by molar-refractivity contribution is 5.79. The summed E-state index contributed by atoms with van der Waals surface area (Å²) in [7, 11) is 2.09. The van der Waals surface area contributed by atoms with Crippen molar-refractivity contribution in [2.24, 2.45) is 10.9 Å². The maximum absolute atomic E-state index is 5.42. The summed E-state index contributed by atoms with van der Waals surface area (Å²) in [5.41, 5.74) is 0. The predicted octanol–water partition coefficient (Wildman–Crippen LogP) is 2.31. The lowest BCUT2D eigenvalue weighted by molar-refractivity contribution is 0.0610. The smallest absolute Gasteiger partial charge is 0.193 e. The molecular formula is C17H27N3O2. The summed E-state index contributed by atoms with van der Waals surface area (Å²) in [5, 5.41) is 3.33. The molecule has 0 unspecified atom stereocenters. The van der Waals surface area contributed by atoms with Gasteiger partial charge in [0.05, 0.1) is 6.26 Å². The average molecular weight is 305 g/mol. The van der Waals surface area contributed by atoms with E-state index in [2.05, 4.69) is 23.8 Å². The van der Waals surface area contributed by atoms with Crippen LogP contribution in [-0.2, 0) is 11.2 Å². The van der Waals surface area contributed by atoms with Gasteiger partial charge in [-0.3, -0.25) is 4.99 Å². The van der Waals surface area contributed by atoms with Crippen molar-refractivity contribution >= 4 is 5.96 Å². The second-order valence-electron chi connectivity index (χ2n) is 5.64. The highest BCUT2D eigenvalue weighted by atomic mass is 16.5. The lowest BCUT2D eigenvalue weighted by Crippen LogP contribution is -2.42. The summed E-state index contributed by atoms with van der Waals surface area (Å²) in [4.78, 5) is 6.90. The van der Waals surface area contributed by atoms with E-state index in [-0.39, 0.29) is 0 Å². The molecule has 122 valence electrons. The number of guanidine groups is 1. The number of nitrogens with one attached hydrogen (secondary N) is 1. The van der Waals surface area contributed by atoms with Gasteiger partial charge in [0.2, 0.25) is 0 Å². The van der Waals surface area contributed by atoms with Crippen LogP contribution in [0.5, 0.6) is 0 Å². The zero-order chi connectivity index (χ0) is 15.6. The molecule has 0 spiro atoms. The molecular weight excluding hydrogens is 278 g/mol. The molecule has 1 aromatic rings. The van der Waals surface area contributed by atoms with Crippen molar-refractivity contribution in [2.45, 2.75) is 19.3 Å². The number of hydrogen-bond acceptors (Lipinski definition) is 3. The third-order valence-corrected chi connectivity index (χ3v) is 3.84. The van der Waals surface area contributed by atoms with Crippen molar-refractivity contribution in [3.63, 3.8) is 0 Å². The quantitative estimate of drug-likeness (QED) is 0.477. The van der Waals surface area contributed by atoms with E-state index in [4.69, 9.17) is 14.1 Å². The Morgan fingerprint density at radius 3 is 3.00 bits per heavy atom. The van der Waals surface area contributed by atoms with E-state index >= 15 is 0 Å². The molecule has 2 rings (SSSR count). The molecule has 1 aliphatic heterocycles. The van der Waals surface area contributed by atoms with E-state index in [1.807, 2.05) is 18.2 Å². The van der Waals surface area contributed by atoms with Crippen molar-refractivity contribution < 1.29 is 9.15 Å². The van der Waals surface area contributed by atoms with Gasteiger partial charge < -0.3 is 19.4 Å². The van der Waals surface area contributed by atoms with Gasteiger partial charge in [0.25, 0.3) is 0 Å². The summed E-state index contributed by atoms with van der Waals surface area (Å²) in [6.07, 6.45) is 6.63. The molecule has 0 amide bonds. The highest BCUT2D eigenvalue weighted by Crippen LogP contribution is 2.15. The van der Waals surface area contributed by atoms with Gasteiger partial charge in [0, 0.05) is 46.3 Å². The van der Waals surface area contributed by atoms with E-state index in [9.17, 15) is 0 Å². The van der Waals surface area contributed by atoms with Crippen LogP contribution in [-0.4, -0.2) is 50.8 Å². The van der Waals surface area contributed by atoms with Crippen LogP contribution < -0.4 is 5.32 Å². The van der Waals surface area contributed by atoms with Crippen molar-refractivity contribution in [3.05, 3.63) is 36.8 Å². The zero-order valence-corrected chi connectivity index (χ0v) is 13.5. The third-order valence-electron chi connectivity index (χ3n) is 3.84. The normalized spacial score (nSPS) is 16.5. The Bertz CT molecular complexity index is 450. The second kappa shape index (κ2) is 9.30. The van der Waals surface area contributed by atoms with Crippen LogP contribution in [0.15, 0.2) is 40.5 Å². The lowest BCUT2D eigenvalue weighted by atomic mass is 10.00. The van der Waals surface area contributed by atoms with Gasteiger partial charge >= 0.3 is 0 Å². The average Bonchev–Trinajstić information content (AvgIpc) is 3.05. The van der Waals surface area contributed by atoms with Gasteiger partial charge in [-0.25, -0.2) is 0 Å². The van der Waals surface area contributed by atoms with E-state index in [1.54, 1.807) is 6.26 Å². The van der Waals surface area contributed by atoms with Gasteiger partial charge in [-0.2, -0.15) is 0 Å². The zero-order valence-electron chi connectivity index (χ0n) is 13.5. The van der Waals surface area contributed by atoms with Gasteiger partial charge in [-0.1, -0.05) is 6.08 Å². The topological polar surface area (TPSA) is 50.0 Å². The molecule has 0 bridgehead atoms. The first-order valence-corrected chi connectivity index (χ1v) is 8.00. The maximum Gasteiger partial charge on any atom is 0.193 e. The molecule has 0 atom stereocenters. The molecule has 0 aliphatic carbocycles. The summed E-state index contributed by atoms with van der Waals surface area (Å²) in [5.74, 6) is 2.58. The molecule has 5 heteroatoms. The monoisotopic (exact) mass is 305 g/mol. The number of rotatable bonds is 7. The first-order chi connectivity index (χ1) is 10.8. The highest BCUT2D eigenvalue weighted by Gasteiger charge is 2.17. The van der Waals surface area contributed by atoms with E-state index in [0.29, 0.717) is 12.5 Å². The Kier molecular flexibility index (Phi) is 7.03. The van der Waals surface area contributed by atoms with Crippen molar-refractivity contribution in [3.8, 4) is 0 Å². The van der Waals surface area contributed by atoms with Crippen LogP contribution in [0.25, 0.3) is 0 Å². The summed E-state index contributed by atoms with van der Waals surface area (Å²) < 4.78 is 10.8. The first-order valence-electron chi connectivity index (χ1n) is 8.00. The molecule has 1 fully saturated rings. The summed E-state index contributed by atoms with van der Waals surface area (Å²) >= 11 is 0. The van der Waals surface area contributed by atoms with Crippen LogP contribution in [0, 0.1) is 5.92 Å². The molecule has 1 aliphatic rings. The summed E-state index contributed by atoms with van der Waals surface area (Å²) in [6.45, 7) is 7.96.